The molecule has 1 fully saturated rings. The first kappa shape index (κ1) is 11.7. The molecular weight excluding hydrogens is 208 g/mol. The number of benzene rings is 1. The minimum atomic E-state index is -0.943. The molecule has 1 aromatic rings. The second-order valence-corrected chi connectivity index (χ2v) is 4.73. The summed E-state index contributed by atoms with van der Waals surface area (Å²) < 4.78 is 0. The van der Waals surface area contributed by atoms with Crippen molar-refractivity contribution in [2.45, 2.75) is 37.5 Å². The zero-order valence-electron chi connectivity index (χ0n) is 9.89. The summed E-state index contributed by atoms with van der Waals surface area (Å²) in [7, 11) is 0. The Morgan fingerprint density at radius 2 is 1.53 bits per heavy atom. The Morgan fingerprint density at radius 3 is 2.06 bits per heavy atom. The van der Waals surface area contributed by atoms with Gasteiger partial charge >= 0.3 is 0 Å². The first-order valence-corrected chi connectivity index (χ1v) is 6.21. The van der Waals surface area contributed by atoms with Gasteiger partial charge in [-0.1, -0.05) is 49.6 Å². The Bertz CT molecular complexity index is 430. The van der Waals surface area contributed by atoms with Crippen LogP contribution in [0.3, 0.4) is 0 Å². The third-order valence-corrected chi connectivity index (χ3v) is 3.80. The lowest BCUT2D eigenvalue weighted by atomic mass is 9.67. The molecule has 0 aromatic heterocycles. The molecule has 1 aromatic carbocycles. The molecule has 0 atom stereocenters. The van der Waals surface area contributed by atoms with Crippen molar-refractivity contribution in [1.82, 2.24) is 0 Å². The van der Waals surface area contributed by atoms with E-state index in [0.717, 1.165) is 31.2 Å². The molecule has 1 saturated carbocycles. The number of hydrogen-bond donors (Lipinski definition) is 0. The highest BCUT2D eigenvalue weighted by Crippen LogP contribution is 2.40. The van der Waals surface area contributed by atoms with Crippen LogP contribution >= 0.6 is 0 Å². The summed E-state index contributed by atoms with van der Waals surface area (Å²) in [5, 5.41) is 19.0. The van der Waals surface area contributed by atoms with Gasteiger partial charge in [0, 0.05) is 0 Å². The predicted octanol–water partition coefficient (Wildman–Crippen LogP) is 3.55. The second-order valence-electron chi connectivity index (χ2n) is 4.73. The molecule has 86 valence electrons. The number of hydrogen-bond acceptors (Lipinski definition) is 2. The quantitative estimate of drug-likeness (QED) is 0.771. The minimum Gasteiger partial charge on any atom is -0.196 e. The lowest BCUT2D eigenvalue weighted by Crippen LogP contribution is -2.33. The topological polar surface area (TPSA) is 47.6 Å². The third kappa shape index (κ3) is 2.04. The van der Waals surface area contributed by atoms with Gasteiger partial charge in [-0.05, 0) is 24.3 Å². The smallest absolute Gasteiger partial charge is 0.171 e. The largest absolute Gasteiger partial charge is 0.196 e. The summed E-state index contributed by atoms with van der Waals surface area (Å²) in [6.45, 7) is 0. The molecule has 2 rings (SSSR count). The van der Waals surface area contributed by atoms with Crippen molar-refractivity contribution < 1.29 is 0 Å². The maximum Gasteiger partial charge on any atom is 0.171 e. The van der Waals surface area contributed by atoms with Crippen LogP contribution in [0, 0.1) is 28.6 Å². The Morgan fingerprint density at radius 1 is 0.941 bits per heavy atom. The predicted molar refractivity (Wildman–Crippen MR) is 65.9 cm³/mol. The summed E-state index contributed by atoms with van der Waals surface area (Å²) in [4.78, 5) is 0. The van der Waals surface area contributed by atoms with Gasteiger partial charge in [-0.3, -0.25) is 0 Å². The fraction of sp³-hybridized carbons (Fsp3) is 0.467. The van der Waals surface area contributed by atoms with Crippen molar-refractivity contribution in [3.8, 4) is 12.1 Å². The lowest BCUT2D eigenvalue weighted by molar-refractivity contribution is 0.294. The Kier molecular flexibility index (Phi) is 3.45. The van der Waals surface area contributed by atoms with Gasteiger partial charge in [-0.25, -0.2) is 0 Å². The maximum absolute atomic E-state index is 9.51. The van der Waals surface area contributed by atoms with Crippen LogP contribution in [0.2, 0.25) is 0 Å². The van der Waals surface area contributed by atoms with Crippen LogP contribution in [0.25, 0.3) is 0 Å². The van der Waals surface area contributed by atoms with E-state index in [-0.39, 0.29) is 5.92 Å². The van der Waals surface area contributed by atoms with Gasteiger partial charge in [-0.15, -0.1) is 0 Å². The van der Waals surface area contributed by atoms with Gasteiger partial charge < -0.3 is 0 Å². The molecule has 2 nitrogen and oxygen atoms in total. The Balaban J connectivity index is 2.40. The van der Waals surface area contributed by atoms with Crippen molar-refractivity contribution >= 4 is 0 Å². The summed E-state index contributed by atoms with van der Waals surface area (Å²) in [6, 6.07) is 14.1. The van der Waals surface area contributed by atoms with Crippen LogP contribution in [-0.2, 0) is 5.41 Å². The number of nitriles is 2. The van der Waals surface area contributed by atoms with Crippen LogP contribution < -0.4 is 0 Å². The molecule has 0 heterocycles. The molecule has 0 radical (unpaired) electrons. The van der Waals surface area contributed by atoms with E-state index in [0.29, 0.717) is 0 Å². The van der Waals surface area contributed by atoms with Crippen LogP contribution in [-0.4, -0.2) is 0 Å². The van der Waals surface area contributed by atoms with E-state index < -0.39 is 5.41 Å². The SMILES string of the molecule is N#CC(C#N)(c1ccccc1)C1CCCCC1. The highest BCUT2D eigenvalue weighted by molar-refractivity contribution is 5.41. The Labute approximate surface area is 102 Å². The van der Waals surface area contributed by atoms with Crippen LogP contribution in [0.1, 0.15) is 37.7 Å². The zero-order chi connectivity index (χ0) is 12.1. The Hall–Kier alpha value is -1.80. The first-order chi connectivity index (χ1) is 8.33. The molecule has 1 aliphatic rings. The van der Waals surface area contributed by atoms with Crippen molar-refractivity contribution in [1.29, 1.82) is 10.5 Å². The molecule has 2 heteroatoms. The molecule has 0 N–H and O–H groups in total. The maximum atomic E-state index is 9.51. The number of rotatable bonds is 2. The number of nitrogens with zero attached hydrogens (tertiary/aromatic N) is 2. The van der Waals surface area contributed by atoms with E-state index in [1.807, 2.05) is 30.3 Å². The van der Waals surface area contributed by atoms with Crippen LogP contribution in [0.4, 0.5) is 0 Å². The highest BCUT2D eigenvalue weighted by Gasteiger charge is 2.41. The summed E-state index contributed by atoms with van der Waals surface area (Å²) in [6.07, 6.45) is 5.51. The third-order valence-electron chi connectivity index (χ3n) is 3.80. The van der Waals surface area contributed by atoms with Gasteiger partial charge in [0.25, 0.3) is 0 Å². The van der Waals surface area contributed by atoms with Gasteiger partial charge in [0.2, 0.25) is 0 Å². The fourth-order valence-electron chi connectivity index (χ4n) is 2.81. The highest BCUT2D eigenvalue weighted by atomic mass is 14.5. The summed E-state index contributed by atoms with van der Waals surface area (Å²) in [5.74, 6) is 0.189. The van der Waals surface area contributed by atoms with Gasteiger partial charge in [0.1, 0.15) is 0 Å². The normalized spacial score (nSPS) is 17.1. The molecule has 1 aliphatic carbocycles. The fourth-order valence-corrected chi connectivity index (χ4v) is 2.81. The van der Waals surface area contributed by atoms with Crippen molar-refractivity contribution in [3.05, 3.63) is 35.9 Å². The first-order valence-electron chi connectivity index (χ1n) is 6.21. The molecule has 0 saturated heterocycles. The zero-order valence-corrected chi connectivity index (χ0v) is 9.89. The molecule has 17 heavy (non-hydrogen) atoms. The van der Waals surface area contributed by atoms with Gasteiger partial charge in [-0.2, -0.15) is 10.5 Å². The van der Waals surface area contributed by atoms with Crippen molar-refractivity contribution in [2.24, 2.45) is 5.92 Å². The molecule has 0 spiro atoms. The molecule has 0 unspecified atom stereocenters. The standard InChI is InChI=1S/C15H16N2/c16-11-15(12-17,13-7-3-1-4-8-13)14-9-5-2-6-10-14/h1,3-4,7-8,14H,2,5-6,9-10H2. The monoisotopic (exact) mass is 224 g/mol. The molecule has 0 aliphatic heterocycles. The lowest BCUT2D eigenvalue weighted by Gasteiger charge is -2.32. The summed E-state index contributed by atoms with van der Waals surface area (Å²) in [5.41, 5.74) is -0.0845. The average Bonchev–Trinajstić information content (AvgIpc) is 2.43. The molecular formula is C15H16N2. The van der Waals surface area contributed by atoms with Gasteiger partial charge in [0.05, 0.1) is 12.1 Å². The average molecular weight is 224 g/mol. The molecule has 0 amide bonds. The minimum absolute atomic E-state index is 0.189. The van der Waals surface area contributed by atoms with Crippen molar-refractivity contribution in [3.63, 3.8) is 0 Å². The van der Waals surface area contributed by atoms with E-state index >= 15 is 0 Å². The van der Waals surface area contributed by atoms with Crippen LogP contribution in [0.15, 0.2) is 30.3 Å². The van der Waals surface area contributed by atoms with E-state index in [9.17, 15) is 10.5 Å². The van der Waals surface area contributed by atoms with Crippen molar-refractivity contribution in [2.75, 3.05) is 0 Å². The van der Waals surface area contributed by atoms with E-state index in [2.05, 4.69) is 12.1 Å². The van der Waals surface area contributed by atoms with Gasteiger partial charge in [0.15, 0.2) is 5.41 Å². The van der Waals surface area contributed by atoms with Crippen LogP contribution in [0.5, 0.6) is 0 Å². The second kappa shape index (κ2) is 5.02. The van der Waals surface area contributed by atoms with E-state index in [1.165, 1.54) is 6.42 Å². The van der Waals surface area contributed by atoms with E-state index in [1.54, 1.807) is 0 Å². The van der Waals surface area contributed by atoms with E-state index in [4.69, 9.17) is 0 Å². The summed E-state index contributed by atoms with van der Waals surface area (Å²) >= 11 is 0. The molecule has 0 bridgehead atoms.